The standard InChI is InChI=1S/C16H14ClNO/c1-12-7-9-15(14(17)11-12)18-16(19)10-8-13-5-3-2-4-6-13/h2-11H,1H3,(H,18,19)/b10-8+. The van der Waals surface area contributed by atoms with Gasteiger partial charge >= 0.3 is 0 Å². The molecule has 2 rings (SSSR count). The number of rotatable bonds is 3. The van der Waals surface area contributed by atoms with E-state index in [-0.39, 0.29) is 5.91 Å². The van der Waals surface area contributed by atoms with E-state index in [0.717, 1.165) is 11.1 Å². The average Bonchev–Trinajstić information content (AvgIpc) is 2.41. The molecule has 0 unspecified atom stereocenters. The highest BCUT2D eigenvalue weighted by Crippen LogP contribution is 2.22. The normalized spacial score (nSPS) is 10.6. The van der Waals surface area contributed by atoms with Gasteiger partial charge in [0.1, 0.15) is 0 Å². The maximum atomic E-state index is 11.8. The fourth-order valence-corrected chi connectivity index (χ4v) is 1.91. The van der Waals surface area contributed by atoms with E-state index in [1.807, 2.05) is 49.4 Å². The molecule has 1 amide bonds. The van der Waals surface area contributed by atoms with Gasteiger partial charge in [-0.2, -0.15) is 0 Å². The second-order valence-electron chi connectivity index (χ2n) is 4.22. The third-order valence-electron chi connectivity index (χ3n) is 2.61. The molecule has 0 saturated carbocycles. The first-order valence-corrected chi connectivity index (χ1v) is 6.33. The first kappa shape index (κ1) is 13.4. The van der Waals surface area contributed by atoms with Gasteiger partial charge in [-0.25, -0.2) is 0 Å². The van der Waals surface area contributed by atoms with Crippen molar-refractivity contribution in [1.82, 2.24) is 0 Å². The topological polar surface area (TPSA) is 29.1 Å². The number of anilines is 1. The van der Waals surface area contributed by atoms with Gasteiger partial charge in [0.05, 0.1) is 10.7 Å². The predicted octanol–water partition coefficient (Wildman–Crippen LogP) is 4.30. The molecule has 1 N–H and O–H groups in total. The number of carbonyl (C=O) groups is 1. The highest BCUT2D eigenvalue weighted by Gasteiger charge is 2.02. The van der Waals surface area contributed by atoms with Crippen LogP contribution in [0, 0.1) is 6.92 Å². The van der Waals surface area contributed by atoms with E-state index in [4.69, 9.17) is 11.6 Å². The Morgan fingerprint density at radius 2 is 1.89 bits per heavy atom. The number of benzene rings is 2. The van der Waals surface area contributed by atoms with Crippen molar-refractivity contribution in [3.8, 4) is 0 Å². The van der Waals surface area contributed by atoms with E-state index < -0.39 is 0 Å². The summed E-state index contributed by atoms with van der Waals surface area (Å²) in [4.78, 5) is 11.8. The Labute approximate surface area is 117 Å². The number of carbonyl (C=O) groups excluding carboxylic acids is 1. The van der Waals surface area contributed by atoms with Crippen molar-refractivity contribution in [2.45, 2.75) is 6.92 Å². The first-order chi connectivity index (χ1) is 9.15. The highest BCUT2D eigenvalue weighted by molar-refractivity contribution is 6.33. The van der Waals surface area contributed by atoms with Crippen LogP contribution in [0.5, 0.6) is 0 Å². The van der Waals surface area contributed by atoms with Crippen LogP contribution in [0.25, 0.3) is 6.08 Å². The van der Waals surface area contributed by atoms with E-state index in [9.17, 15) is 4.79 Å². The third kappa shape index (κ3) is 3.97. The lowest BCUT2D eigenvalue weighted by atomic mass is 10.2. The largest absolute Gasteiger partial charge is 0.321 e. The predicted molar refractivity (Wildman–Crippen MR) is 80.3 cm³/mol. The number of hydrogen-bond donors (Lipinski definition) is 1. The Morgan fingerprint density at radius 3 is 2.58 bits per heavy atom. The zero-order valence-corrected chi connectivity index (χ0v) is 11.3. The second-order valence-corrected chi connectivity index (χ2v) is 4.62. The summed E-state index contributed by atoms with van der Waals surface area (Å²) in [6.07, 6.45) is 3.25. The van der Waals surface area contributed by atoms with Gasteiger partial charge in [0.25, 0.3) is 0 Å². The molecule has 0 aliphatic heterocycles. The molecule has 0 saturated heterocycles. The summed E-state index contributed by atoms with van der Waals surface area (Å²) in [6.45, 7) is 1.95. The molecule has 0 aliphatic carbocycles. The Kier molecular flexibility index (Phi) is 4.37. The molecular formula is C16H14ClNO. The number of amides is 1. The van der Waals surface area contributed by atoms with Crippen molar-refractivity contribution in [3.05, 3.63) is 70.8 Å². The quantitative estimate of drug-likeness (QED) is 0.829. The van der Waals surface area contributed by atoms with E-state index in [1.54, 1.807) is 12.1 Å². The van der Waals surface area contributed by atoms with Gasteiger partial charge in [-0.1, -0.05) is 48.0 Å². The van der Waals surface area contributed by atoms with Gasteiger partial charge in [0.15, 0.2) is 0 Å². The fourth-order valence-electron chi connectivity index (χ4n) is 1.63. The van der Waals surface area contributed by atoms with Crippen LogP contribution < -0.4 is 5.32 Å². The summed E-state index contributed by atoms with van der Waals surface area (Å²) >= 11 is 6.05. The molecule has 0 spiro atoms. The summed E-state index contributed by atoms with van der Waals surface area (Å²) in [5, 5.41) is 3.29. The number of aryl methyl sites for hydroxylation is 1. The minimum atomic E-state index is -0.199. The zero-order valence-electron chi connectivity index (χ0n) is 10.6. The van der Waals surface area contributed by atoms with Crippen LogP contribution in [0.4, 0.5) is 5.69 Å². The zero-order chi connectivity index (χ0) is 13.7. The van der Waals surface area contributed by atoms with Crippen molar-refractivity contribution in [1.29, 1.82) is 0 Å². The molecular weight excluding hydrogens is 258 g/mol. The Hall–Kier alpha value is -2.06. The second kappa shape index (κ2) is 6.21. The fraction of sp³-hybridized carbons (Fsp3) is 0.0625. The van der Waals surface area contributed by atoms with Gasteiger partial charge in [-0.15, -0.1) is 0 Å². The number of hydrogen-bond acceptors (Lipinski definition) is 1. The number of halogens is 1. The summed E-state index contributed by atoms with van der Waals surface area (Å²) in [5.41, 5.74) is 2.66. The minimum Gasteiger partial charge on any atom is -0.321 e. The van der Waals surface area contributed by atoms with Crippen molar-refractivity contribution in [2.24, 2.45) is 0 Å². The van der Waals surface area contributed by atoms with Crippen LogP contribution in [-0.4, -0.2) is 5.91 Å². The van der Waals surface area contributed by atoms with Gasteiger partial charge < -0.3 is 5.32 Å². The molecule has 2 nitrogen and oxygen atoms in total. The van der Waals surface area contributed by atoms with E-state index in [0.29, 0.717) is 10.7 Å². The Balaban J connectivity index is 2.04. The maximum Gasteiger partial charge on any atom is 0.248 e. The van der Waals surface area contributed by atoms with Crippen LogP contribution in [0.15, 0.2) is 54.6 Å². The molecule has 2 aromatic rings. The lowest BCUT2D eigenvalue weighted by Crippen LogP contribution is -2.08. The van der Waals surface area contributed by atoms with Crippen molar-refractivity contribution in [2.75, 3.05) is 5.32 Å². The molecule has 2 aromatic carbocycles. The third-order valence-corrected chi connectivity index (χ3v) is 2.92. The lowest BCUT2D eigenvalue weighted by Gasteiger charge is -2.05. The van der Waals surface area contributed by atoms with Crippen LogP contribution in [0.1, 0.15) is 11.1 Å². The molecule has 0 aliphatic rings. The van der Waals surface area contributed by atoms with Crippen LogP contribution in [-0.2, 0) is 4.79 Å². The molecule has 0 bridgehead atoms. The molecule has 19 heavy (non-hydrogen) atoms. The van der Waals surface area contributed by atoms with E-state index >= 15 is 0 Å². The van der Waals surface area contributed by atoms with Gasteiger partial charge in [-0.3, -0.25) is 4.79 Å². The summed E-state index contributed by atoms with van der Waals surface area (Å²) in [6, 6.07) is 15.2. The molecule has 0 radical (unpaired) electrons. The molecule has 0 fully saturated rings. The number of nitrogens with one attached hydrogen (secondary N) is 1. The Bertz CT molecular complexity index is 605. The van der Waals surface area contributed by atoms with Crippen molar-refractivity contribution < 1.29 is 4.79 Å². The van der Waals surface area contributed by atoms with Crippen LogP contribution in [0.3, 0.4) is 0 Å². The lowest BCUT2D eigenvalue weighted by molar-refractivity contribution is -0.111. The SMILES string of the molecule is Cc1ccc(NC(=O)/C=C/c2ccccc2)c(Cl)c1. The molecule has 0 heterocycles. The minimum absolute atomic E-state index is 0.199. The van der Waals surface area contributed by atoms with Crippen LogP contribution in [0.2, 0.25) is 5.02 Å². The molecule has 0 atom stereocenters. The van der Waals surface area contributed by atoms with Gasteiger partial charge in [0.2, 0.25) is 5.91 Å². The monoisotopic (exact) mass is 271 g/mol. The Morgan fingerprint density at radius 1 is 1.16 bits per heavy atom. The summed E-state index contributed by atoms with van der Waals surface area (Å²) in [5.74, 6) is -0.199. The summed E-state index contributed by atoms with van der Waals surface area (Å²) < 4.78 is 0. The smallest absolute Gasteiger partial charge is 0.248 e. The van der Waals surface area contributed by atoms with E-state index in [2.05, 4.69) is 5.32 Å². The van der Waals surface area contributed by atoms with Gasteiger partial charge in [-0.05, 0) is 36.3 Å². The first-order valence-electron chi connectivity index (χ1n) is 5.95. The highest BCUT2D eigenvalue weighted by atomic mass is 35.5. The molecule has 96 valence electrons. The van der Waals surface area contributed by atoms with Crippen molar-refractivity contribution in [3.63, 3.8) is 0 Å². The summed E-state index contributed by atoms with van der Waals surface area (Å²) in [7, 11) is 0. The van der Waals surface area contributed by atoms with Crippen LogP contribution >= 0.6 is 11.6 Å². The maximum absolute atomic E-state index is 11.8. The van der Waals surface area contributed by atoms with E-state index in [1.165, 1.54) is 6.08 Å². The van der Waals surface area contributed by atoms with Gasteiger partial charge in [0, 0.05) is 6.08 Å². The van der Waals surface area contributed by atoms with Crippen molar-refractivity contribution >= 4 is 29.3 Å². The average molecular weight is 272 g/mol. The molecule has 3 heteroatoms. The molecule has 0 aromatic heterocycles.